The van der Waals surface area contributed by atoms with E-state index >= 15 is 0 Å². The highest BCUT2D eigenvalue weighted by molar-refractivity contribution is 14.1. The summed E-state index contributed by atoms with van der Waals surface area (Å²) in [6.45, 7) is 0. The Balaban J connectivity index is 2.26. The number of nitrogens with zero attached hydrogens (tertiary/aromatic N) is 1. The summed E-state index contributed by atoms with van der Waals surface area (Å²) in [6.07, 6.45) is 0. The van der Waals surface area contributed by atoms with Gasteiger partial charge in [-0.1, -0.05) is 48.5 Å². The summed E-state index contributed by atoms with van der Waals surface area (Å²) in [5, 5.41) is 5.13. The van der Waals surface area contributed by atoms with E-state index in [0.29, 0.717) is 0 Å². The minimum atomic E-state index is 0.909. The van der Waals surface area contributed by atoms with Gasteiger partial charge in [0.25, 0.3) is 0 Å². The first-order valence-electron chi connectivity index (χ1n) is 6.84. The zero-order valence-corrected chi connectivity index (χ0v) is 13.2. The van der Waals surface area contributed by atoms with Crippen molar-refractivity contribution in [1.82, 2.24) is 4.40 Å². The molecule has 0 aliphatic carbocycles. The Morgan fingerprint density at radius 1 is 0.667 bits per heavy atom. The first-order valence-corrected chi connectivity index (χ1v) is 7.73. The molecule has 0 N–H and O–H groups in total. The Morgan fingerprint density at radius 3 is 2.10 bits per heavy atom. The van der Waals surface area contributed by atoms with Crippen LogP contribution in [0.25, 0.3) is 38.1 Å². The highest BCUT2D eigenvalue weighted by Crippen LogP contribution is 2.41. The smallest absolute Gasteiger partial charge is 0.192 e. The molecule has 0 spiro atoms. The van der Waals surface area contributed by atoms with Gasteiger partial charge >= 0.3 is 0 Å². The average Bonchev–Trinajstić information content (AvgIpc) is 3.06. The third-order valence-corrected chi connectivity index (χ3v) is 4.77. The van der Waals surface area contributed by atoms with E-state index in [0.717, 1.165) is 11.3 Å². The van der Waals surface area contributed by atoms with E-state index in [1.54, 1.807) is 0 Å². The van der Waals surface area contributed by atoms with Gasteiger partial charge in [-0.15, -0.1) is 0 Å². The fourth-order valence-electron chi connectivity index (χ4n) is 3.50. The van der Waals surface area contributed by atoms with Crippen molar-refractivity contribution in [1.29, 1.82) is 0 Å². The van der Waals surface area contributed by atoms with Crippen LogP contribution in [0, 0.1) is 0 Å². The van der Waals surface area contributed by atoms with Crippen molar-refractivity contribution >= 4 is 61.1 Å². The minimum Gasteiger partial charge on any atom is -0.425 e. The monoisotopic (exact) mass is 383 g/mol. The molecule has 2 nitrogen and oxygen atoms in total. The predicted octanol–water partition coefficient (Wildman–Crippen LogP) is 5.57. The number of halogens is 1. The molecule has 0 amide bonds. The summed E-state index contributed by atoms with van der Waals surface area (Å²) in [7, 11) is 0. The van der Waals surface area contributed by atoms with Gasteiger partial charge in [0, 0.05) is 21.5 Å². The Hall–Kier alpha value is -2.01. The van der Waals surface area contributed by atoms with Crippen LogP contribution in [0.1, 0.15) is 0 Å². The lowest BCUT2D eigenvalue weighted by Gasteiger charge is -2.02. The number of aromatic nitrogens is 1. The molecular formula is C18H10INO. The van der Waals surface area contributed by atoms with E-state index in [1.165, 1.54) is 32.6 Å². The fraction of sp³-hybridized carbons (Fsp3) is 0. The highest BCUT2D eigenvalue weighted by Gasteiger charge is 2.18. The van der Waals surface area contributed by atoms with E-state index in [9.17, 15) is 0 Å². The predicted molar refractivity (Wildman–Crippen MR) is 95.7 cm³/mol. The van der Waals surface area contributed by atoms with Crippen molar-refractivity contribution in [2.24, 2.45) is 0 Å². The molecule has 0 aliphatic heterocycles. The van der Waals surface area contributed by atoms with Crippen LogP contribution in [0.4, 0.5) is 0 Å². The molecule has 5 rings (SSSR count). The summed E-state index contributed by atoms with van der Waals surface area (Å²) < 4.78 is 7.92. The van der Waals surface area contributed by atoms with Crippen LogP contribution in [0.15, 0.2) is 60.7 Å². The molecule has 3 aromatic carbocycles. The summed E-state index contributed by atoms with van der Waals surface area (Å²) in [6, 6.07) is 21.4. The fourth-order valence-corrected chi connectivity index (χ4v) is 3.86. The van der Waals surface area contributed by atoms with Crippen molar-refractivity contribution < 1.29 is 3.07 Å². The van der Waals surface area contributed by atoms with Gasteiger partial charge < -0.3 is 7.47 Å². The van der Waals surface area contributed by atoms with Gasteiger partial charge in [-0.3, -0.25) is 0 Å². The lowest BCUT2D eigenvalue weighted by atomic mass is 10.1. The van der Waals surface area contributed by atoms with E-state index in [4.69, 9.17) is 3.07 Å². The number of para-hydroxylation sites is 3. The lowest BCUT2D eigenvalue weighted by Crippen LogP contribution is -1.83. The zero-order valence-electron chi connectivity index (χ0n) is 11.0. The Morgan fingerprint density at radius 2 is 1.29 bits per heavy atom. The van der Waals surface area contributed by atoms with Crippen molar-refractivity contribution in [3.05, 3.63) is 60.7 Å². The summed E-state index contributed by atoms with van der Waals surface area (Å²) >= 11 is 1.96. The number of fused-ring (bicyclic) bond motifs is 6. The van der Waals surface area contributed by atoms with Crippen LogP contribution < -0.4 is 3.07 Å². The average molecular weight is 383 g/mol. The van der Waals surface area contributed by atoms with E-state index < -0.39 is 0 Å². The lowest BCUT2D eigenvalue weighted by molar-refractivity contribution is 0.723. The molecule has 3 heteroatoms. The molecule has 0 fully saturated rings. The standard InChI is InChI=1S/C18H10INO/c19-21-16-10-4-8-14-13-7-3-6-12-11-5-1-2-9-15(11)20(17(12)13)18(14)16/h1-10H. The molecule has 0 saturated heterocycles. The van der Waals surface area contributed by atoms with Crippen LogP contribution in [-0.2, 0) is 0 Å². The second kappa shape index (κ2) is 4.01. The summed E-state index contributed by atoms with van der Waals surface area (Å²) in [4.78, 5) is 0. The highest BCUT2D eigenvalue weighted by atomic mass is 127. The van der Waals surface area contributed by atoms with Crippen molar-refractivity contribution in [3.63, 3.8) is 0 Å². The van der Waals surface area contributed by atoms with E-state index in [-0.39, 0.29) is 0 Å². The maximum Gasteiger partial charge on any atom is 0.192 e. The van der Waals surface area contributed by atoms with Gasteiger partial charge in [-0.25, -0.2) is 0 Å². The van der Waals surface area contributed by atoms with Gasteiger partial charge in [-0.05, 0) is 12.1 Å². The largest absolute Gasteiger partial charge is 0.425 e. The number of hydrogen-bond donors (Lipinski definition) is 0. The Kier molecular flexibility index (Phi) is 2.22. The van der Waals surface area contributed by atoms with E-state index in [2.05, 4.69) is 59.0 Å². The number of hydrogen-bond acceptors (Lipinski definition) is 1. The minimum absolute atomic E-state index is 0.909. The molecule has 0 unspecified atom stereocenters. The molecule has 0 aliphatic rings. The van der Waals surface area contributed by atoms with Crippen LogP contribution in [0.2, 0.25) is 0 Å². The van der Waals surface area contributed by atoms with Crippen molar-refractivity contribution in [2.75, 3.05) is 0 Å². The third-order valence-electron chi connectivity index (χ3n) is 4.29. The number of rotatable bonds is 1. The van der Waals surface area contributed by atoms with Crippen LogP contribution in [0.3, 0.4) is 0 Å². The Labute approximate surface area is 135 Å². The van der Waals surface area contributed by atoms with Gasteiger partial charge in [0.05, 0.1) is 16.6 Å². The molecule has 0 saturated carbocycles. The van der Waals surface area contributed by atoms with Gasteiger partial charge in [0.1, 0.15) is 0 Å². The maximum atomic E-state index is 5.59. The normalized spacial score (nSPS) is 12.0. The van der Waals surface area contributed by atoms with Gasteiger partial charge in [0.15, 0.2) is 28.8 Å². The number of benzene rings is 3. The van der Waals surface area contributed by atoms with Crippen LogP contribution in [0.5, 0.6) is 5.75 Å². The van der Waals surface area contributed by atoms with E-state index in [1.807, 2.05) is 29.1 Å². The summed E-state index contributed by atoms with van der Waals surface area (Å²) in [5.74, 6) is 0.909. The molecule has 5 aromatic rings. The molecular weight excluding hydrogens is 373 g/mol. The second-order valence-corrected chi connectivity index (χ2v) is 5.72. The molecule has 2 heterocycles. The third kappa shape index (κ3) is 1.32. The van der Waals surface area contributed by atoms with Crippen LogP contribution >= 0.6 is 23.0 Å². The molecule has 0 atom stereocenters. The second-order valence-electron chi connectivity index (χ2n) is 5.28. The molecule has 0 radical (unpaired) electrons. The molecule has 100 valence electrons. The molecule has 2 aromatic heterocycles. The van der Waals surface area contributed by atoms with Crippen LogP contribution in [-0.4, -0.2) is 4.40 Å². The maximum absolute atomic E-state index is 5.59. The van der Waals surface area contributed by atoms with Gasteiger partial charge in [0.2, 0.25) is 0 Å². The first kappa shape index (κ1) is 11.6. The summed E-state index contributed by atoms with van der Waals surface area (Å²) in [5.41, 5.74) is 3.67. The zero-order chi connectivity index (χ0) is 14.0. The van der Waals surface area contributed by atoms with Crippen molar-refractivity contribution in [2.45, 2.75) is 0 Å². The van der Waals surface area contributed by atoms with Crippen molar-refractivity contribution in [3.8, 4) is 5.75 Å². The SMILES string of the molecule is IOc1cccc2c3cccc4c5ccccc5n(c12)c43. The molecule has 21 heavy (non-hydrogen) atoms. The first-order chi connectivity index (χ1) is 10.4. The van der Waals surface area contributed by atoms with Gasteiger partial charge in [-0.2, -0.15) is 0 Å². The quantitative estimate of drug-likeness (QED) is 0.345. The topological polar surface area (TPSA) is 13.6 Å². The molecule has 0 bridgehead atoms. The Bertz CT molecular complexity index is 1130.